The van der Waals surface area contributed by atoms with Crippen LogP contribution in [0.2, 0.25) is 0 Å². The normalized spacial score (nSPS) is 22.6. The maximum absolute atomic E-state index is 12.8. The van der Waals surface area contributed by atoms with E-state index in [0.717, 1.165) is 57.8 Å². The first-order valence-corrected chi connectivity index (χ1v) is 24.5. The molecule has 0 amide bonds. The Labute approximate surface area is 350 Å². The van der Waals surface area contributed by atoms with Crippen molar-refractivity contribution in [3.63, 3.8) is 0 Å². The summed E-state index contributed by atoms with van der Waals surface area (Å²) in [6, 6.07) is 0. The molecule has 1 aliphatic carbocycles. The van der Waals surface area contributed by atoms with Gasteiger partial charge in [0.05, 0.1) is 6.61 Å². The zero-order valence-corrected chi connectivity index (χ0v) is 37.0. The molecule has 13 nitrogen and oxygen atoms in total. The fraction of sp³-hybridized carbons (Fsp3) is 0.909. The lowest BCUT2D eigenvalue weighted by atomic mass is 9.85. The quantitative estimate of drug-likeness (QED) is 0.0149. The number of carbonyl (C=O) groups excluding carboxylic acids is 2. The Bertz CT molecular complexity index is 1080. The predicted octanol–water partition coefficient (Wildman–Crippen LogP) is 8.67. The number of ether oxygens (including phenoxy) is 2. The zero-order valence-electron chi connectivity index (χ0n) is 36.1. The highest BCUT2D eigenvalue weighted by Crippen LogP contribution is 2.47. The molecule has 1 rings (SSSR count). The molecular weight excluding hydrogens is 767 g/mol. The van der Waals surface area contributed by atoms with Crippen molar-refractivity contribution in [1.29, 1.82) is 0 Å². The van der Waals surface area contributed by atoms with Gasteiger partial charge in [-0.15, -0.1) is 0 Å². The van der Waals surface area contributed by atoms with Gasteiger partial charge in [0.2, 0.25) is 0 Å². The molecular formula is C44H83O13P. The Hall–Kier alpha value is -1.41. The van der Waals surface area contributed by atoms with Crippen molar-refractivity contribution < 1.29 is 63.1 Å². The molecule has 58 heavy (non-hydrogen) atoms. The van der Waals surface area contributed by atoms with Gasteiger partial charge in [0.1, 0.15) is 43.2 Å². The Morgan fingerprint density at radius 3 is 1.31 bits per heavy atom. The molecule has 0 bridgehead atoms. The van der Waals surface area contributed by atoms with Crippen LogP contribution in [0.5, 0.6) is 0 Å². The average molecular weight is 851 g/mol. The summed E-state index contributed by atoms with van der Waals surface area (Å²) in [5.74, 6) is -1.10. The minimum absolute atomic E-state index is 0.100. The van der Waals surface area contributed by atoms with Gasteiger partial charge in [-0.3, -0.25) is 18.6 Å². The molecule has 6 N–H and O–H groups in total. The number of hydrogen-bond donors (Lipinski definition) is 6. The second-order valence-corrected chi connectivity index (χ2v) is 17.7. The molecule has 342 valence electrons. The minimum atomic E-state index is -5.11. The van der Waals surface area contributed by atoms with Crippen LogP contribution in [0.1, 0.15) is 200 Å². The highest BCUT2D eigenvalue weighted by Gasteiger charge is 2.51. The van der Waals surface area contributed by atoms with Crippen LogP contribution in [0.3, 0.4) is 0 Å². The van der Waals surface area contributed by atoms with Crippen LogP contribution in [0.4, 0.5) is 0 Å². The van der Waals surface area contributed by atoms with Crippen LogP contribution in [0.25, 0.3) is 0 Å². The van der Waals surface area contributed by atoms with Crippen LogP contribution >= 0.6 is 7.82 Å². The number of esters is 2. The van der Waals surface area contributed by atoms with Crippen molar-refractivity contribution in [3.8, 4) is 0 Å². The number of aliphatic hydroxyl groups excluding tert-OH is 5. The SMILES string of the molecule is CCCCCCCC/C=C\CCCCCCCC(=O)OC[C@H](COP(=O)(O)OC1C(O)C(O)C(O)[C@@H](O)C1O)OC(=O)CCCCCCCCCCCCCCCC. The maximum Gasteiger partial charge on any atom is 0.472 e. The molecule has 0 heterocycles. The summed E-state index contributed by atoms with van der Waals surface area (Å²) in [7, 11) is -5.11. The molecule has 1 aliphatic rings. The Kier molecular flexibility index (Phi) is 33.2. The van der Waals surface area contributed by atoms with Crippen molar-refractivity contribution in [3.05, 3.63) is 12.2 Å². The minimum Gasteiger partial charge on any atom is -0.462 e. The number of aliphatic hydroxyl groups is 5. The van der Waals surface area contributed by atoms with Crippen molar-refractivity contribution in [2.24, 2.45) is 0 Å². The van der Waals surface area contributed by atoms with Gasteiger partial charge in [-0.05, 0) is 38.5 Å². The zero-order chi connectivity index (χ0) is 42.9. The number of allylic oxidation sites excluding steroid dienone is 2. The van der Waals surface area contributed by atoms with Gasteiger partial charge >= 0.3 is 19.8 Å². The van der Waals surface area contributed by atoms with Gasteiger partial charge in [0, 0.05) is 12.8 Å². The molecule has 0 aromatic carbocycles. The van der Waals surface area contributed by atoms with Crippen LogP contribution in [-0.2, 0) is 32.7 Å². The molecule has 1 fully saturated rings. The lowest BCUT2D eigenvalue weighted by Crippen LogP contribution is -2.64. The predicted molar refractivity (Wildman–Crippen MR) is 226 cm³/mol. The summed E-state index contributed by atoms with van der Waals surface area (Å²) in [6.45, 7) is 3.29. The molecule has 1 saturated carbocycles. The third kappa shape index (κ3) is 27.4. The smallest absolute Gasteiger partial charge is 0.462 e. The number of phosphoric ester groups is 1. The van der Waals surface area contributed by atoms with Crippen LogP contribution < -0.4 is 0 Å². The Morgan fingerprint density at radius 2 is 0.879 bits per heavy atom. The number of phosphoric acid groups is 1. The average Bonchev–Trinajstić information content (AvgIpc) is 3.20. The fourth-order valence-corrected chi connectivity index (χ4v) is 8.08. The molecule has 0 aromatic rings. The van der Waals surface area contributed by atoms with E-state index in [1.807, 2.05) is 0 Å². The first-order valence-electron chi connectivity index (χ1n) is 23.0. The monoisotopic (exact) mass is 851 g/mol. The molecule has 0 saturated heterocycles. The fourth-order valence-electron chi connectivity index (χ4n) is 7.11. The third-order valence-corrected chi connectivity index (χ3v) is 11.8. The van der Waals surface area contributed by atoms with Crippen molar-refractivity contribution in [1.82, 2.24) is 0 Å². The summed E-state index contributed by atoms with van der Waals surface area (Å²) in [4.78, 5) is 35.6. The summed E-state index contributed by atoms with van der Waals surface area (Å²) in [6.07, 6.45) is 22.6. The maximum atomic E-state index is 12.8. The van der Waals surface area contributed by atoms with E-state index in [-0.39, 0.29) is 12.8 Å². The summed E-state index contributed by atoms with van der Waals surface area (Å²) >= 11 is 0. The van der Waals surface area contributed by atoms with Gasteiger partial charge in [0.15, 0.2) is 6.10 Å². The summed E-state index contributed by atoms with van der Waals surface area (Å²) in [5.41, 5.74) is 0. The first-order chi connectivity index (χ1) is 27.9. The number of hydrogen-bond acceptors (Lipinski definition) is 12. The molecule has 0 spiro atoms. The van der Waals surface area contributed by atoms with Crippen LogP contribution in [0.15, 0.2) is 12.2 Å². The topological polar surface area (TPSA) is 210 Å². The summed E-state index contributed by atoms with van der Waals surface area (Å²) < 4.78 is 33.5. The van der Waals surface area contributed by atoms with E-state index >= 15 is 0 Å². The second-order valence-electron chi connectivity index (χ2n) is 16.3. The van der Waals surface area contributed by atoms with Crippen molar-refractivity contribution in [2.45, 2.75) is 243 Å². The molecule has 8 atom stereocenters. The molecule has 0 aromatic heterocycles. The van der Waals surface area contributed by atoms with Crippen molar-refractivity contribution in [2.75, 3.05) is 13.2 Å². The van der Waals surface area contributed by atoms with Gasteiger partial charge in [-0.25, -0.2) is 4.57 Å². The van der Waals surface area contributed by atoms with E-state index in [9.17, 15) is 44.6 Å². The van der Waals surface area contributed by atoms with E-state index in [1.165, 1.54) is 103 Å². The Balaban J connectivity index is 2.46. The molecule has 0 radical (unpaired) electrons. The number of carbonyl (C=O) groups is 2. The first kappa shape index (κ1) is 54.6. The van der Waals surface area contributed by atoms with E-state index < -0.39 is 75.7 Å². The summed E-state index contributed by atoms with van der Waals surface area (Å²) in [5, 5.41) is 50.1. The Morgan fingerprint density at radius 1 is 0.517 bits per heavy atom. The van der Waals surface area contributed by atoms with E-state index in [2.05, 4.69) is 26.0 Å². The number of unbranched alkanes of at least 4 members (excludes halogenated alkanes) is 24. The van der Waals surface area contributed by atoms with E-state index in [4.69, 9.17) is 18.5 Å². The highest BCUT2D eigenvalue weighted by molar-refractivity contribution is 7.47. The van der Waals surface area contributed by atoms with Gasteiger partial charge in [0.25, 0.3) is 0 Å². The lowest BCUT2D eigenvalue weighted by molar-refractivity contribution is -0.220. The van der Waals surface area contributed by atoms with Crippen LogP contribution in [-0.4, -0.2) is 98.3 Å². The van der Waals surface area contributed by atoms with Crippen molar-refractivity contribution >= 4 is 19.8 Å². The molecule has 0 aliphatic heterocycles. The highest BCUT2D eigenvalue weighted by atomic mass is 31.2. The molecule has 6 unspecified atom stereocenters. The van der Waals surface area contributed by atoms with Gasteiger partial charge in [-0.1, -0.05) is 161 Å². The third-order valence-electron chi connectivity index (χ3n) is 10.9. The molecule has 14 heteroatoms. The van der Waals surface area contributed by atoms with Gasteiger partial charge < -0.3 is 39.9 Å². The number of rotatable bonds is 38. The standard InChI is InChI=1S/C44H83O13P/c1-3-5-7-9-11-13-15-17-19-21-22-24-26-28-30-32-37(45)54-34-36(35-55-58(52,53)57-44-42(50)40(48)39(47)41(49)43(44)51)56-38(46)33-31-29-27-25-23-20-18-16-14-12-10-8-6-4-2/h17,19,36,39-44,47-51H,3-16,18,20-35H2,1-2H3,(H,52,53)/b19-17-/t36-,39?,40-,41?,42?,43?,44?/m1/s1. The van der Waals surface area contributed by atoms with E-state index in [0.29, 0.717) is 12.8 Å². The van der Waals surface area contributed by atoms with Crippen LogP contribution in [0, 0.1) is 0 Å². The second kappa shape index (κ2) is 35.2. The largest absolute Gasteiger partial charge is 0.472 e. The lowest BCUT2D eigenvalue weighted by Gasteiger charge is -2.41. The van der Waals surface area contributed by atoms with E-state index in [1.54, 1.807) is 0 Å². The van der Waals surface area contributed by atoms with Gasteiger partial charge in [-0.2, -0.15) is 0 Å².